The van der Waals surface area contributed by atoms with Gasteiger partial charge >= 0.3 is 0 Å². The Labute approximate surface area is 171 Å². The standard InChI is InChI=1S/C18H20BrN3O2S.ClH/c1-11-5-7-14-16(12(11)2)20-18(25-14)22(10-9-21(3)4)17(23)13-6-8-15(19)24-13;/h5-8H,9-10H2,1-4H3;1H. The third-order valence-electron chi connectivity index (χ3n) is 4.10. The van der Waals surface area contributed by atoms with Gasteiger partial charge in [-0.05, 0) is 73.2 Å². The summed E-state index contributed by atoms with van der Waals surface area (Å²) in [6.07, 6.45) is 0. The predicted molar refractivity (Wildman–Crippen MR) is 113 cm³/mol. The molecule has 3 rings (SSSR count). The first-order chi connectivity index (χ1) is 11.9. The number of fused-ring (bicyclic) bond motifs is 1. The Morgan fingerprint density at radius 2 is 1.92 bits per heavy atom. The predicted octanol–water partition coefficient (Wildman–Crippen LogP) is 4.90. The molecule has 3 aromatic rings. The molecule has 0 radical (unpaired) electrons. The second-order valence-corrected chi connectivity index (χ2v) is 8.01. The molecule has 0 fully saturated rings. The summed E-state index contributed by atoms with van der Waals surface area (Å²) in [6, 6.07) is 7.56. The molecule has 0 unspecified atom stereocenters. The Balaban J connectivity index is 0.00000243. The van der Waals surface area contributed by atoms with Crippen LogP contribution in [0.2, 0.25) is 0 Å². The smallest absolute Gasteiger partial charge is 0.295 e. The maximum Gasteiger partial charge on any atom is 0.295 e. The van der Waals surface area contributed by atoms with E-state index < -0.39 is 0 Å². The normalized spacial score (nSPS) is 11.0. The van der Waals surface area contributed by atoms with Crippen LogP contribution in [-0.2, 0) is 0 Å². The highest BCUT2D eigenvalue weighted by molar-refractivity contribution is 9.10. The van der Waals surface area contributed by atoms with Crippen molar-refractivity contribution in [2.45, 2.75) is 13.8 Å². The summed E-state index contributed by atoms with van der Waals surface area (Å²) in [4.78, 5) is 21.5. The SMILES string of the molecule is Cc1ccc2sc(N(CCN(C)C)C(=O)c3ccc(Br)o3)nc2c1C.Cl. The number of halogens is 2. The Morgan fingerprint density at radius 1 is 1.19 bits per heavy atom. The van der Waals surface area contributed by atoms with E-state index in [1.165, 1.54) is 16.9 Å². The van der Waals surface area contributed by atoms with Crippen LogP contribution >= 0.6 is 39.7 Å². The number of amides is 1. The van der Waals surface area contributed by atoms with Gasteiger partial charge < -0.3 is 9.32 Å². The molecular formula is C18H21BrClN3O2S. The number of carbonyl (C=O) groups excluding carboxylic acids is 1. The number of nitrogens with zero attached hydrogens (tertiary/aromatic N) is 3. The number of hydrogen-bond acceptors (Lipinski definition) is 5. The number of aryl methyl sites for hydroxylation is 2. The van der Waals surface area contributed by atoms with Crippen molar-refractivity contribution in [3.63, 3.8) is 0 Å². The van der Waals surface area contributed by atoms with Crippen molar-refractivity contribution in [3.05, 3.63) is 45.8 Å². The molecular weight excluding hydrogens is 438 g/mol. The average Bonchev–Trinajstić information content (AvgIpc) is 3.17. The number of furan rings is 1. The first-order valence-corrected chi connectivity index (χ1v) is 9.56. The summed E-state index contributed by atoms with van der Waals surface area (Å²) in [5, 5.41) is 0.697. The lowest BCUT2D eigenvalue weighted by Gasteiger charge is -2.20. The van der Waals surface area contributed by atoms with Crippen LogP contribution in [0.15, 0.2) is 33.4 Å². The molecule has 0 N–H and O–H groups in total. The third-order valence-corrected chi connectivity index (χ3v) is 5.57. The summed E-state index contributed by atoms with van der Waals surface area (Å²) in [5.41, 5.74) is 3.31. The van der Waals surface area contributed by atoms with Crippen LogP contribution in [-0.4, -0.2) is 43.0 Å². The molecule has 140 valence electrons. The summed E-state index contributed by atoms with van der Waals surface area (Å²) in [7, 11) is 3.97. The van der Waals surface area contributed by atoms with E-state index in [9.17, 15) is 4.79 Å². The highest BCUT2D eigenvalue weighted by Gasteiger charge is 2.24. The number of hydrogen-bond donors (Lipinski definition) is 0. The average molecular weight is 459 g/mol. The Hall–Kier alpha value is -1.41. The summed E-state index contributed by atoms with van der Waals surface area (Å²) < 4.78 is 7.09. The van der Waals surface area contributed by atoms with E-state index >= 15 is 0 Å². The number of benzene rings is 1. The Bertz CT molecular complexity index is 922. The molecule has 0 aliphatic rings. The highest BCUT2D eigenvalue weighted by Crippen LogP contribution is 2.32. The minimum absolute atomic E-state index is 0. The van der Waals surface area contributed by atoms with E-state index in [4.69, 9.17) is 9.40 Å². The van der Waals surface area contributed by atoms with Crippen LogP contribution in [0.5, 0.6) is 0 Å². The van der Waals surface area contributed by atoms with Crippen molar-refractivity contribution in [2.24, 2.45) is 0 Å². The van der Waals surface area contributed by atoms with E-state index in [0.29, 0.717) is 22.1 Å². The summed E-state index contributed by atoms with van der Waals surface area (Å²) >= 11 is 4.79. The van der Waals surface area contributed by atoms with Crippen LogP contribution in [0.25, 0.3) is 10.2 Å². The lowest BCUT2D eigenvalue weighted by Crippen LogP contribution is -2.36. The highest BCUT2D eigenvalue weighted by atomic mass is 79.9. The van der Waals surface area contributed by atoms with Gasteiger partial charge in [-0.15, -0.1) is 12.4 Å². The van der Waals surface area contributed by atoms with Gasteiger partial charge in [-0.2, -0.15) is 0 Å². The third kappa shape index (κ3) is 4.28. The number of carbonyl (C=O) groups is 1. The fourth-order valence-corrected chi connectivity index (χ4v) is 3.83. The Morgan fingerprint density at radius 3 is 2.54 bits per heavy atom. The van der Waals surface area contributed by atoms with Gasteiger partial charge in [-0.3, -0.25) is 9.69 Å². The van der Waals surface area contributed by atoms with Crippen molar-refractivity contribution in [1.29, 1.82) is 0 Å². The zero-order valence-electron chi connectivity index (χ0n) is 15.1. The molecule has 0 aliphatic carbocycles. The first-order valence-electron chi connectivity index (χ1n) is 7.95. The maximum absolute atomic E-state index is 13.0. The van der Waals surface area contributed by atoms with Crippen LogP contribution in [0.4, 0.5) is 5.13 Å². The van der Waals surface area contributed by atoms with Gasteiger partial charge in [0.25, 0.3) is 5.91 Å². The van der Waals surface area contributed by atoms with Gasteiger partial charge in [-0.25, -0.2) is 4.98 Å². The van der Waals surface area contributed by atoms with E-state index in [2.05, 4.69) is 41.9 Å². The monoisotopic (exact) mass is 457 g/mol. The second-order valence-electron chi connectivity index (χ2n) is 6.21. The van der Waals surface area contributed by atoms with Crippen LogP contribution < -0.4 is 4.90 Å². The molecule has 0 bridgehead atoms. The van der Waals surface area contributed by atoms with Gasteiger partial charge in [-0.1, -0.05) is 17.4 Å². The van der Waals surface area contributed by atoms with Gasteiger partial charge in [0, 0.05) is 13.1 Å². The van der Waals surface area contributed by atoms with Crippen LogP contribution in [0.1, 0.15) is 21.7 Å². The molecule has 0 saturated carbocycles. The zero-order chi connectivity index (χ0) is 18.1. The molecule has 5 nitrogen and oxygen atoms in total. The van der Waals surface area contributed by atoms with Gasteiger partial charge in [0.1, 0.15) is 0 Å². The van der Waals surface area contributed by atoms with E-state index in [0.717, 1.165) is 22.3 Å². The molecule has 0 spiro atoms. The van der Waals surface area contributed by atoms with Crippen molar-refractivity contribution in [1.82, 2.24) is 9.88 Å². The summed E-state index contributed by atoms with van der Waals surface area (Å²) in [6.45, 7) is 5.42. The molecule has 0 aliphatic heterocycles. The largest absolute Gasteiger partial charge is 0.444 e. The lowest BCUT2D eigenvalue weighted by molar-refractivity contribution is 0.0957. The van der Waals surface area contributed by atoms with E-state index in [1.807, 2.05) is 19.0 Å². The number of aromatic nitrogens is 1. The van der Waals surface area contributed by atoms with E-state index in [-0.39, 0.29) is 18.3 Å². The molecule has 1 aromatic carbocycles. The Kier molecular flexibility index (Phi) is 6.85. The summed E-state index contributed by atoms with van der Waals surface area (Å²) in [5.74, 6) is 0.124. The molecule has 1 amide bonds. The molecule has 0 atom stereocenters. The first kappa shape index (κ1) is 20.9. The molecule has 26 heavy (non-hydrogen) atoms. The quantitative estimate of drug-likeness (QED) is 0.546. The van der Waals surface area contributed by atoms with Gasteiger partial charge in [0.15, 0.2) is 15.6 Å². The second kappa shape index (κ2) is 8.52. The van der Waals surface area contributed by atoms with Crippen LogP contribution in [0.3, 0.4) is 0 Å². The van der Waals surface area contributed by atoms with Gasteiger partial charge in [0.2, 0.25) is 0 Å². The van der Waals surface area contributed by atoms with Gasteiger partial charge in [0.05, 0.1) is 10.2 Å². The molecule has 8 heteroatoms. The maximum atomic E-state index is 13.0. The molecule has 2 heterocycles. The van der Waals surface area contributed by atoms with Crippen molar-refractivity contribution in [3.8, 4) is 0 Å². The zero-order valence-corrected chi connectivity index (χ0v) is 18.3. The number of likely N-dealkylation sites (N-methyl/N-ethyl adjacent to an activating group) is 1. The van der Waals surface area contributed by atoms with Crippen LogP contribution in [0, 0.1) is 13.8 Å². The molecule has 0 saturated heterocycles. The van der Waals surface area contributed by atoms with Crippen molar-refractivity contribution >= 4 is 60.9 Å². The fraction of sp³-hybridized carbons (Fsp3) is 0.333. The number of anilines is 1. The number of thiazole rings is 1. The topological polar surface area (TPSA) is 49.6 Å². The fourth-order valence-electron chi connectivity index (χ4n) is 2.48. The minimum Gasteiger partial charge on any atom is -0.444 e. The van der Waals surface area contributed by atoms with E-state index in [1.54, 1.807) is 17.0 Å². The molecule has 2 aromatic heterocycles. The number of rotatable bonds is 5. The lowest BCUT2D eigenvalue weighted by atomic mass is 10.1. The van der Waals surface area contributed by atoms with Crippen molar-refractivity contribution < 1.29 is 9.21 Å². The van der Waals surface area contributed by atoms with Crippen molar-refractivity contribution in [2.75, 3.05) is 32.1 Å². The minimum atomic E-state index is -0.180.